The normalized spacial score (nSPS) is 12.2. The van der Waals surface area contributed by atoms with Crippen molar-refractivity contribution in [2.45, 2.75) is 67.2 Å². The fourth-order valence-corrected chi connectivity index (χ4v) is 3.75. The van der Waals surface area contributed by atoms with E-state index in [4.69, 9.17) is 0 Å². The van der Waals surface area contributed by atoms with Crippen LogP contribution in [0.15, 0.2) is 30.3 Å². The second-order valence-electron chi connectivity index (χ2n) is 7.39. The molecule has 0 bridgehead atoms. The fraction of sp³-hybridized carbons (Fsp3) is 0.458. The maximum Gasteiger partial charge on any atom is 0.166 e. The van der Waals surface area contributed by atoms with E-state index in [9.17, 15) is 4.79 Å². The van der Waals surface area contributed by atoms with E-state index in [0.29, 0.717) is 5.78 Å². The first-order chi connectivity index (χ1) is 11.9. The highest BCUT2D eigenvalue weighted by atomic mass is 16.1. The summed E-state index contributed by atoms with van der Waals surface area (Å²) in [5.74, 6) is 0.403. The van der Waals surface area contributed by atoms with Crippen molar-refractivity contribution in [2.24, 2.45) is 5.92 Å². The van der Waals surface area contributed by atoms with Crippen LogP contribution in [0.3, 0.4) is 0 Å². The smallest absolute Gasteiger partial charge is 0.166 e. The standard InChI is InChI=1S/C24H32O/c1-7-8-14-22(15-21-12-10-9-11-13-21)24(25)23-19(5)17(3)16(2)18(4)20(23)6/h9-13,22H,7-8,14-15H2,1-6H3/t22-/m1/s1. The van der Waals surface area contributed by atoms with E-state index in [1.54, 1.807) is 0 Å². The third-order valence-electron chi connectivity index (χ3n) is 5.85. The lowest BCUT2D eigenvalue weighted by Crippen LogP contribution is -2.21. The molecule has 0 saturated heterocycles. The van der Waals surface area contributed by atoms with Crippen molar-refractivity contribution in [3.63, 3.8) is 0 Å². The first-order valence-corrected chi connectivity index (χ1v) is 9.53. The van der Waals surface area contributed by atoms with Gasteiger partial charge in [0.15, 0.2) is 5.78 Å². The Morgan fingerprint density at radius 1 is 0.840 bits per heavy atom. The Morgan fingerprint density at radius 2 is 1.36 bits per heavy atom. The van der Waals surface area contributed by atoms with Gasteiger partial charge < -0.3 is 0 Å². The average Bonchev–Trinajstić information content (AvgIpc) is 2.62. The Hall–Kier alpha value is -1.89. The zero-order chi connectivity index (χ0) is 18.6. The summed E-state index contributed by atoms with van der Waals surface area (Å²) in [6, 6.07) is 10.4. The van der Waals surface area contributed by atoms with Gasteiger partial charge in [-0.25, -0.2) is 0 Å². The summed E-state index contributed by atoms with van der Waals surface area (Å²) < 4.78 is 0. The first kappa shape index (κ1) is 19.4. The lowest BCUT2D eigenvalue weighted by Gasteiger charge is -2.22. The van der Waals surface area contributed by atoms with Gasteiger partial charge in [-0.2, -0.15) is 0 Å². The van der Waals surface area contributed by atoms with Crippen LogP contribution < -0.4 is 0 Å². The van der Waals surface area contributed by atoms with Gasteiger partial charge in [0, 0.05) is 11.5 Å². The highest BCUT2D eigenvalue weighted by molar-refractivity contribution is 6.01. The molecule has 0 aliphatic rings. The van der Waals surface area contributed by atoms with Crippen LogP contribution in [0.25, 0.3) is 0 Å². The topological polar surface area (TPSA) is 17.1 Å². The van der Waals surface area contributed by atoms with Crippen molar-refractivity contribution in [3.05, 3.63) is 69.3 Å². The molecule has 0 amide bonds. The maximum absolute atomic E-state index is 13.5. The minimum absolute atomic E-state index is 0.0706. The molecular formula is C24H32O. The minimum Gasteiger partial charge on any atom is -0.294 e. The van der Waals surface area contributed by atoms with Gasteiger partial charge in [0.2, 0.25) is 0 Å². The molecule has 0 spiro atoms. The second kappa shape index (κ2) is 8.47. The van der Waals surface area contributed by atoms with Gasteiger partial charge in [-0.3, -0.25) is 4.79 Å². The van der Waals surface area contributed by atoms with Crippen molar-refractivity contribution in [1.29, 1.82) is 0 Å². The predicted molar refractivity (Wildman–Crippen MR) is 108 cm³/mol. The molecule has 2 aromatic rings. The van der Waals surface area contributed by atoms with Gasteiger partial charge in [-0.15, -0.1) is 0 Å². The molecule has 0 fully saturated rings. The number of hydrogen-bond donors (Lipinski definition) is 0. The molecule has 1 nitrogen and oxygen atoms in total. The Balaban J connectivity index is 2.43. The van der Waals surface area contributed by atoms with E-state index < -0.39 is 0 Å². The van der Waals surface area contributed by atoms with Crippen LogP contribution in [0.4, 0.5) is 0 Å². The lowest BCUT2D eigenvalue weighted by atomic mass is 9.81. The molecule has 2 aromatic carbocycles. The predicted octanol–water partition coefficient (Wildman–Crippen LogP) is 6.46. The van der Waals surface area contributed by atoms with E-state index in [2.05, 4.69) is 65.8 Å². The summed E-state index contributed by atoms with van der Waals surface area (Å²) in [6.07, 6.45) is 4.03. The van der Waals surface area contributed by atoms with Gasteiger partial charge in [0.05, 0.1) is 0 Å². The largest absolute Gasteiger partial charge is 0.294 e. The molecule has 0 aromatic heterocycles. The molecule has 0 heterocycles. The van der Waals surface area contributed by atoms with E-state index >= 15 is 0 Å². The Bertz CT molecular complexity index is 711. The van der Waals surface area contributed by atoms with Gasteiger partial charge in [0.25, 0.3) is 0 Å². The highest BCUT2D eigenvalue weighted by Gasteiger charge is 2.25. The van der Waals surface area contributed by atoms with Crippen molar-refractivity contribution in [2.75, 3.05) is 0 Å². The molecule has 134 valence electrons. The highest BCUT2D eigenvalue weighted by Crippen LogP contribution is 2.30. The number of benzene rings is 2. The van der Waals surface area contributed by atoms with Crippen molar-refractivity contribution >= 4 is 5.78 Å². The Labute approximate surface area is 153 Å². The van der Waals surface area contributed by atoms with Crippen LogP contribution >= 0.6 is 0 Å². The molecule has 0 aliphatic heterocycles. The number of carbonyl (C=O) groups excluding carboxylic acids is 1. The first-order valence-electron chi connectivity index (χ1n) is 9.53. The lowest BCUT2D eigenvalue weighted by molar-refractivity contribution is 0.0909. The quantitative estimate of drug-likeness (QED) is 0.530. The zero-order valence-corrected chi connectivity index (χ0v) is 16.7. The molecule has 0 aliphatic carbocycles. The molecule has 0 radical (unpaired) electrons. The van der Waals surface area contributed by atoms with Crippen LogP contribution in [0.1, 0.15) is 69.9 Å². The Morgan fingerprint density at radius 3 is 1.88 bits per heavy atom. The van der Waals surface area contributed by atoms with Gasteiger partial charge in [-0.1, -0.05) is 50.1 Å². The fourth-order valence-electron chi connectivity index (χ4n) is 3.75. The molecule has 0 N–H and O–H groups in total. The molecule has 25 heavy (non-hydrogen) atoms. The number of rotatable bonds is 7. The molecule has 2 rings (SSSR count). The summed E-state index contributed by atoms with van der Waals surface area (Å²) in [5, 5.41) is 0. The van der Waals surface area contributed by atoms with Crippen LogP contribution in [0.5, 0.6) is 0 Å². The van der Waals surface area contributed by atoms with Crippen molar-refractivity contribution in [1.82, 2.24) is 0 Å². The van der Waals surface area contributed by atoms with Crippen LogP contribution in [-0.2, 0) is 6.42 Å². The number of ketones is 1. The SMILES string of the molecule is CCCC[C@H](Cc1ccccc1)C(=O)c1c(C)c(C)c(C)c(C)c1C. The van der Waals surface area contributed by atoms with Crippen LogP contribution in [0, 0.1) is 40.5 Å². The number of unbranched alkanes of at least 4 members (excludes halogenated alkanes) is 1. The van der Waals surface area contributed by atoms with Crippen molar-refractivity contribution < 1.29 is 4.79 Å². The number of carbonyl (C=O) groups is 1. The van der Waals surface area contributed by atoms with E-state index in [-0.39, 0.29) is 5.92 Å². The molecule has 0 unspecified atom stereocenters. The second-order valence-corrected chi connectivity index (χ2v) is 7.39. The zero-order valence-electron chi connectivity index (χ0n) is 16.7. The molecular weight excluding hydrogens is 304 g/mol. The molecule has 0 saturated carbocycles. The van der Waals surface area contributed by atoms with Gasteiger partial charge in [0.1, 0.15) is 0 Å². The molecule has 1 heteroatoms. The summed E-state index contributed by atoms with van der Waals surface area (Å²) in [4.78, 5) is 13.5. The minimum atomic E-state index is 0.0706. The van der Waals surface area contributed by atoms with Crippen LogP contribution in [0.2, 0.25) is 0 Å². The Kier molecular flexibility index (Phi) is 6.58. The third-order valence-corrected chi connectivity index (χ3v) is 5.85. The third kappa shape index (κ3) is 4.21. The molecule has 1 atom stereocenters. The summed E-state index contributed by atoms with van der Waals surface area (Å²) in [7, 11) is 0. The van der Waals surface area contributed by atoms with Gasteiger partial charge in [-0.05, 0) is 80.8 Å². The average molecular weight is 337 g/mol. The van der Waals surface area contributed by atoms with Gasteiger partial charge >= 0.3 is 0 Å². The van der Waals surface area contributed by atoms with E-state index in [1.165, 1.54) is 33.4 Å². The number of hydrogen-bond acceptors (Lipinski definition) is 1. The monoisotopic (exact) mass is 336 g/mol. The maximum atomic E-state index is 13.5. The van der Waals surface area contributed by atoms with Crippen LogP contribution in [-0.4, -0.2) is 5.78 Å². The van der Waals surface area contributed by atoms with Crippen molar-refractivity contribution in [3.8, 4) is 0 Å². The number of Topliss-reactive ketones (excluding diaryl/α,β-unsaturated/α-hetero) is 1. The summed E-state index contributed by atoms with van der Waals surface area (Å²) in [5.41, 5.74) is 8.41. The summed E-state index contributed by atoms with van der Waals surface area (Å²) >= 11 is 0. The van der Waals surface area contributed by atoms with E-state index in [1.807, 2.05) is 6.07 Å². The van der Waals surface area contributed by atoms with E-state index in [0.717, 1.165) is 31.2 Å². The summed E-state index contributed by atoms with van der Waals surface area (Å²) in [6.45, 7) is 12.9.